The molecule has 0 atom stereocenters. The van der Waals surface area contributed by atoms with E-state index in [9.17, 15) is 0 Å². The Morgan fingerprint density at radius 2 is 1.68 bits per heavy atom. The standard InChI is InChI=1S/C25H32N4O2/c1-4-26-25(28-17-21-11-7-8-14-24(21)30-3)27-16-20-10-5-6-12-22(20)18-29(2)19-23-13-9-15-31-23/h5-15H,4,16-19H2,1-3H3,(H2,26,27,28). The van der Waals surface area contributed by atoms with Gasteiger partial charge in [-0.25, -0.2) is 4.99 Å². The minimum Gasteiger partial charge on any atom is -0.496 e. The first-order valence-corrected chi connectivity index (χ1v) is 10.6. The van der Waals surface area contributed by atoms with Crippen LogP contribution in [0.3, 0.4) is 0 Å². The molecule has 0 radical (unpaired) electrons. The zero-order valence-corrected chi connectivity index (χ0v) is 18.6. The van der Waals surface area contributed by atoms with Crippen molar-refractivity contribution in [1.29, 1.82) is 0 Å². The molecule has 0 bridgehead atoms. The molecule has 0 aliphatic carbocycles. The molecule has 31 heavy (non-hydrogen) atoms. The fraction of sp³-hybridized carbons (Fsp3) is 0.320. The van der Waals surface area contributed by atoms with Gasteiger partial charge >= 0.3 is 0 Å². The van der Waals surface area contributed by atoms with Crippen LogP contribution in [0, 0.1) is 0 Å². The lowest BCUT2D eigenvalue weighted by Gasteiger charge is -2.19. The van der Waals surface area contributed by atoms with Crippen LogP contribution in [-0.4, -0.2) is 31.6 Å². The second-order valence-electron chi connectivity index (χ2n) is 7.38. The number of methoxy groups -OCH3 is 1. The maximum Gasteiger partial charge on any atom is 0.191 e. The highest BCUT2D eigenvalue weighted by atomic mass is 16.5. The average Bonchev–Trinajstić information content (AvgIpc) is 3.29. The predicted octanol–water partition coefficient (Wildman–Crippen LogP) is 4.18. The molecule has 2 aromatic carbocycles. The molecule has 6 heteroatoms. The van der Waals surface area contributed by atoms with Crippen LogP contribution in [-0.2, 0) is 26.2 Å². The first kappa shape index (κ1) is 22.4. The summed E-state index contributed by atoms with van der Waals surface area (Å²) in [6, 6.07) is 20.4. The van der Waals surface area contributed by atoms with Gasteiger partial charge in [0.2, 0.25) is 0 Å². The zero-order chi connectivity index (χ0) is 21.9. The molecule has 1 aromatic heterocycles. The third-order valence-corrected chi connectivity index (χ3v) is 4.96. The Hall–Kier alpha value is -3.25. The lowest BCUT2D eigenvalue weighted by molar-refractivity contribution is 0.287. The van der Waals surface area contributed by atoms with Gasteiger partial charge in [-0.05, 0) is 43.3 Å². The Labute approximate surface area is 184 Å². The van der Waals surface area contributed by atoms with Crippen molar-refractivity contribution in [1.82, 2.24) is 15.5 Å². The summed E-state index contributed by atoms with van der Waals surface area (Å²) < 4.78 is 10.9. The summed E-state index contributed by atoms with van der Waals surface area (Å²) in [5.41, 5.74) is 3.59. The molecule has 0 spiro atoms. The van der Waals surface area contributed by atoms with Crippen LogP contribution in [0.15, 0.2) is 76.3 Å². The van der Waals surface area contributed by atoms with Crippen LogP contribution in [0.1, 0.15) is 29.4 Å². The second-order valence-corrected chi connectivity index (χ2v) is 7.38. The van der Waals surface area contributed by atoms with Crippen LogP contribution in [0.2, 0.25) is 0 Å². The van der Waals surface area contributed by atoms with E-state index >= 15 is 0 Å². The number of guanidine groups is 1. The van der Waals surface area contributed by atoms with Crippen LogP contribution in [0.4, 0.5) is 0 Å². The molecule has 3 aromatic rings. The zero-order valence-electron chi connectivity index (χ0n) is 18.6. The van der Waals surface area contributed by atoms with Gasteiger partial charge in [0.25, 0.3) is 0 Å². The van der Waals surface area contributed by atoms with E-state index in [0.717, 1.165) is 42.7 Å². The molecule has 6 nitrogen and oxygen atoms in total. The highest BCUT2D eigenvalue weighted by Crippen LogP contribution is 2.18. The van der Waals surface area contributed by atoms with Crippen LogP contribution in [0.5, 0.6) is 5.75 Å². The predicted molar refractivity (Wildman–Crippen MR) is 125 cm³/mol. The highest BCUT2D eigenvalue weighted by molar-refractivity contribution is 5.79. The molecule has 0 aliphatic rings. The Balaban J connectivity index is 1.63. The molecule has 0 aliphatic heterocycles. The molecule has 0 saturated heterocycles. The van der Waals surface area contributed by atoms with Crippen molar-refractivity contribution in [3.63, 3.8) is 0 Å². The van der Waals surface area contributed by atoms with Gasteiger partial charge < -0.3 is 19.8 Å². The Kier molecular flexibility index (Phi) is 8.55. The van der Waals surface area contributed by atoms with E-state index in [1.54, 1.807) is 13.4 Å². The Morgan fingerprint density at radius 1 is 0.935 bits per heavy atom. The van der Waals surface area contributed by atoms with Gasteiger partial charge in [-0.3, -0.25) is 4.90 Å². The molecule has 3 rings (SSSR count). The number of hydrogen-bond donors (Lipinski definition) is 2. The summed E-state index contributed by atoms with van der Waals surface area (Å²) in [7, 11) is 3.79. The van der Waals surface area contributed by atoms with E-state index in [1.165, 1.54) is 11.1 Å². The van der Waals surface area contributed by atoms with E-state index in [4.69, 9.17) is 14.1 Å². The molecule has 0 fully saturated rings. The van der Waals surface area contributed by atoms with Crippen molar-refractivity contribution >= 4 is 5.96 Å². The highest BCUT2D eigenvalue weighted by Gasteiger charge is 2.09. The lowest BCUT2D eigenvalue weighted by atomic mass is 10.1. The number of ether oxygens (including phenoxy) is 1. The van der Waals surface area contributed by atoms with Crippen molar-refractivity contribution < 1.29 is 9.15 Å². The largest absolute Gasteiger partial charge is 0.496 e. The molecule has 2 N–H and O–H groups in total. The first-order valence-electron chi connectivity index (χ1n) is 10.6. The van der Waals surface area contributed by atoms with Crippen LogP contribution < -0.4 is 15.4 Å². The van der Waals surface area contributed by atoms with E-state index in [2.05, 4.69) is 53.8 Å². The molecule has 0 amide bonds. The number of para-hydroxylation sites is 1. The van der Waals surface area contributed by atoms with Crippen LogP contribution >= 0.6 is 0 Å². The van der Waals surface area contributed by atoms with Gasteiger partial charge in [-0.15, -0.1) is 0 Å². The number of nitrogens with zero attached hydrogens (tertiary/aromatic N) is 2. The monoisotopic (exact) mass is 420 g/mol. The number of furan rings is 1. The molecular formula is C25H32N4O2. The van der Waals surface area contributed by atoms with Crippen molar-refractivity contribution in [3.8, 4) is 5.75 Å². The summed E-state index contributed by atoms with van der Waals surface area (Å²) in [5, 5.41) is 6.79. The van der Waals surface area contributed by atoms with Gasteiger partial charge in [0.15, 0.2) is 5.96 Å². The summed E-state index contributed by atoms with van der Waals surface area (Å²) >= 11 is 0. The van der Waals surface area contributed by atoms with Crippen molar-refractivity contribution in [2.75, 3.05) is 20.7 Å². The number of aliphatic imine (C=N–C) groups is 1. The van der Waals surface area contributed by atoms with E-state index in [0.29, 0.717) is 13.1 Å². The maximum absolute atomic E-state index is 5.47. The average molecular weight is 421 g/mol. The van der Waals surface area contributed by atoms with Crippen molar-refractivity contribution in [2.45, 2.75) is 33.1 Å². The summed E-state index contributed by atoms with van der Waals surface area (Å²) in [6.45, 7) is 5.73. The van der Waals surface area contributed by atoms with Gasteiger partial charge in [0.1, 0.15) is 11.5 Å². The Bertz CT molecular complexity index is 954. The molecule has 0 unspecified atom stereocenters. The van der Waals surface area contributed by atoms with Gasteiger partial charge in [-0.2, -0.15) is 0 Å². The minimum absolute atomic E-state index is 0.548. The lowest BCUT2D eigenvalue weighted by Crippen LogP contribution is -2.37. The topological polar surface area (TPSA) is 62.0 Å². The molecular weight excluding hydrogens is 388 g/mol. The van der Waals surface area contributed by atoms with E-state index in [1.807, 2.05) is 36.4 Å². The number of hydrogen-bond acceptors (Lipinski definition) is 4. The summed E-state index contributed by atoms with van der Waals surface area (Å²) in [6.07, 6.45) is 1.72. The van der Waals surface area contributed by atoms with Crippen molar-refractivity contribution in [3.05, 3.63) is 89.4 Å². The first-order chi connectivity index (χ1) is 15.2. The SMILES string of the molecule is CCNC(=NCc1ccccc1OC)NCc1ccccc1CN(C)Cc1ccco1. The van der Waals surface area contributed by atoms with Crippen LogP contribution in [0.25, 0.3) is 0 Å². The maximum atomic E-state index is 5.47. The van der Waals surface area contributed by atoms with Gasteiger partial charge in [0, 0.05) is 25.2 Å². The Morgan fingerprint density at radius 3 is 2.39 bits per heavy atom. The minimum atomic E-state index is 0.548. The van der Waals surface area contributed by atoms with Gasteiger partial charge in [0.05, 0.1) is 26.5 Å². The summed E-state index contributed by atoms with van der Waals surface area (Å²) in [5.74, 6) is 2.61. The van der Waals surface area contributed by atoms with Crippen molar-refractivity contribution in [2.24, 2.45) is 4.99 Å². The molecule has 1 heterocycles. The number of nitrogens with one attached hydrogen (secondary N) is 2. The molecule has 164 valence electrons. The van der Waals surface area contributed by atoms with Gasteiger partial charge in [-0.1, -0.05) is 42.5 Å². The second kappa shape index (κ2) is 11.8. The molecule has 0 saturated carbocycles. The third-order valence-electron chi connectivity index (χ3n) is 4.96. The number of rotatable bonds is 10. The quantitative estimate of drug-likeness (QED) is 0.381. The van der Waals surface area contributed by atoms with E-state index in [-0.39, 0.29) is 0 Å². The number of benzene rings is 2. The third kappa shape index (κ3) is 6.89. The van der Waals surface area contributed by atoms with E-state index < -0.39 is 0 Å². The fourth-order valence-electron chi connectivity index (χ4n) is 3.42. The summed E-state index contributed by atoms with van der Waals surface area (Å²) in [4.78, 5) is 6.99. The fourth-order valence-corrected chi connectivity index (χ4v) is 3.42. The smallest absolute Gasteiger partial charge is 0.191 e. The normalized spacial score (nSPS) is 11.5.